The predicted molar refractivity (Wildman–Crippen MR) is 70.1 cm³/mol. The molecule has 0 bridgehead atoms. The number of unbranched alkanes of at least 4 members (excludes halogenated alkanes) is 2. The Morgan fingerprint density at radius 1 is 1.27 bits per heavy atom. The Kier molecular flexibility index (Phi) is 3.63. The van der Waals surface area contributed by atoms with Gasteiger partial charge in [-0.25, -0.2) is 0 Å². The summed E-state index contributed by atoms with van der Waals surface area (Å²) in [6, 6.07) is 4.64. The van der Waals surface area contributed by atoms with Gasteiger partial charge >= 0.3 is 0 Å². The van der Waals surface area contributed by atoms with Crippen LogP contribution in [0.15, 0.2) is 22.7 Å². The maximum absolute atomic E-state index is 3.67. The Hall–Kier alpha value is -0.560. The first kappa shape index (κ1) is 10.9. The van der Waals surface area contributed by atoms with Crippen LogP contribution in [0.5, 0.6) is 0 Å². The van der Waals surface area contributed by atoms with Gasteiger partial charge in [-0.15, -0.1) is 0 Å². The molecule has 1 aromatic carbocycles. The molecule has 80 valence electrons. The van der Waals surface area contributed by atoms with Crippen LogP contribution in [0.3, 0.4) is 0 Å². The van der Waals surface area contributed by atoms with E-state index in [1.165, 1.54) is 46.8 Å². The molecule has 0 saturated carbocycles. The van der Waals surface area contributed by atoms with Gasteiger partial charge in [-0.05, 0) is 42.0 Å². The van der Waals surface area contributed by atoms with Crippen molar-refractivity contribution in [3.05, 3.63) is 39.4 Å². The Morgan fingerprint density at radius 2 is 2.13 bits per heavy atom. The Bertz CT molecular complexity index is 377. The molecule has 0 nitrogen and oxygen atoms in total. The summed E-state index contributed by atoms with van der Waals surface area (Å²) in [6.07, 6.45) is 10.7. The number of halogens is 1. The molecule has 0 radical (unpaired) electrons. The predicted octanol–water partition coefficient (Wildman–Crippen LogP) is 4.75. The number of benzene rings is 1. The molecule has 2 rings (SSSR count). The van der Waals surface area contributed by atoms with E-state index in [-0.39, 0.29) is 0 Å². The molecular weight excluding hydrogens is 248 g/mol. The molecule has 1 aliphatic rings. The molecule has 0 spiro atoms. The topological polar surface area (TPSA) is 0 Å². The summed E-state index contributed by atoms with van der Waals surface area (Å²) >= 11 is 3.67. The first-order chi connectivity index (χ1) is 7.31. The lowest BCUT2D eigenvalue weighted by Gasteiger charge is -2.07. The fraction of sp³-hybridized carbons (Fsp3) is 0.429. The quantitative estimate of drug-likeness (QED) is 0.689. The maximum atomic E-state index is 3.67. The molecule has 0 N–H and O–H groups in total. The average molecular weight is 265 g/mol. The van der Waals surface area contributed by atoms with Gasteiger partial charge in [-0.3, -0.25) is 0 Å². The van der Waals surface area contributed by atoms with Gasteiger partial charge in [0.2, 0.25) is 0 Å². The largest absolute Gasteiger partial charge is 0.0795 e. The van der Waals surface area contributed by atoms with Gasteiger partial charge in [0.1, 0.15) is 0 Å². The van der Waals surface area contributed by atoms with Crippen molar-refractivity contribution in [1.82, 2.24) is 0 Å². The van der Waals surface area contributed by atoms with E-state index in [2.05, 4.69) is 47.1 Å². The molecule has 0 heterocycles. The maximum Gasteiger partial charge on any atom is 0.0219 e. The van der Waals surface area contributed by atoms with Crippen LogP contribution in [-0.4, -0.2) is 0 Å². The molecule has 0 aromatic heterocycles. The van der Waals surface area contributed by atoms with Gasteiger partial charge in [-0.1, -0.05) is 53.9 Å². The molecule has 0 fully saturated rings. The number of allylic oxidation sites excluding steroid dienone is 1. The van der Waals surface area contributed by atoms with E-state index in [1.54, 1.807) is 0 Å². The number of hydrogen-bond acceptors (Lipinski definition) is 0. The van der Waals surface area contributed by atoms with Crippen LogP contribution in [0.2, 0.25) is 0 Å². The Labute approximate surface area is 101 Å². The van der Waals surface area contributed by atoms with Crippen LogP contribution in [0.4, 0.5) is 0 Å². The van der Waals surface area contributed by atoms with Crippen LogP contribution >= 0.6 is 15.9 Å². The third-order valence-corrected chi connectivity index (χ3v) is 3.69. The summed E-state index contributed by atoms with van der Waals surface area (Å²) in [4.78, 5) is 0. The highest BCUT2D eigenvalue weighted by atomic mass is 79.9. The summed E-state index contributed by atoms with van der Waals surface area (Å²) in [5, 5.41) is 0. The van der Waals surface area contributed by atoms with Crippen molar-refractivity contribution < 1.29 is 0 Å². The zero-order valence-corrected chi connectivity index (χ0v) is 10.8. The number of hydrogen-bond donors (Lipinski definition) is 0. The van der Waals surface area contributed by atoms with Crippen molar-refractivity contribution in [2.75, 3.05) is 0 Å². The van der Waals surface area contributed by atoms with E-state index < -0.39 is 0 Å². The van der Waals surface area contributed by atoms with Crippen molar-refractivity contribution in [2.45, 2.75) is 39.0 Å². The SMILES string of the molecule is CCCCCc1cc(Br)c2c(c1)C=CC2. The summed E-state index contributed by atoms with van der Waals surface area (Å²) in [5.74, 6) is 0. The highest BCUT2D eigenvalue weighted by Crippen LogP contribution is 2.29. The van der Waals surface area contributed by atoms with Crippen LogP contribution in [0, 0.1) is 0 Å². The molecule has 15 heavy (non-hydrogen) atoms. The average Bonchev–Trinajstić information content (AvgIpc) is 2.66. The van der Waals surface area contributed by atoms with Gasteiger partial charge < -0.3 is 0 Å². The van der Waals surface area contributed by atoms with E-state index in [4.69, 9.17) is 0 Å². The second-order valence-electron chi connectivity index (χ2n) is 4.21. The summed E-state index contributed by atoms with van der Waals surface area (Å²) in [5.41, 5.74) is 4.34. The van der Waals surface area contributed by atoms with Crippen LogP contribution in [-0.2, 0) is 12.8 Å². The zero-order chi connectivity index (χ0) is 10.7. The first-order valence-electron chi connectivity index (χ1n) is 5.79. The fourth-order valence-electron chi connectivity index (χ4n) is 2.11. The lowest BCUT2D eigenvalue weighted by atomic mass is 10.0. The van der Waals surface area contributed by atoms with Gasteiger partial charge in [0, 0.05) is 4.47 Å². The van der Waals surface area contributed by atoms with Gasteiger partial charge in [0.25, 0.3) is 0 Å². The third kappa shape index (κ3) is 2.52. The van der Waals surface area contributed by atoms with Crippen molar-refractivity contribution in [1.29, 1.82) is 0 Å². The molecule has 0 amide bonds. The van der Waals surface area contributed by atoms with Crippen molar-refractivity contribution in [3.8, 4) is 0 Å². The second kappa shape index (κ2) is 4.98. The van der Waals surface area contributed by atoms with E-state index in [1.807, 2.05) is 0 Å². The third-order valence-electron chi connectivity index (χ3n) is 2.98. The molecule has 1 aromatic rings. The number of rotatable bonds is 4. The minimum absolute atomic E-state index is 1.09. The van der Waals surface area contributed by atoms with Crippen molar-refractivity contribution >= 4 is 22.0 Å². The van der Waals surface area contributed by atoms with E-state index in [9.17, 15) is 0 Å². The summed E-state index contributed by atoms with van der Waals surface area (Å²) < 4.78 is 1.29. The van der Waals surface area contributed by atoms with Crippen LogP contribution in [0.1, 0.15) is 42.9 Å². The normalized spacial score (nSPS) is 13.2. The van der Waals surface area contributed by atoms with Crippen LogP contribution < -0.4 is 0 Å². The number of fused-ring (bicyclic) bond motifs is 1. The smallest absolute Gasteiger partial charge is 0.0219 e. The molecule has 0 aliphatic heterocycles. The molecule has 1 aliphatic carbocycles. The minimum Gasteiger partial charge on any atom is -0.0795 e. The fourth-order valence-corrected chi connectivity index (χ4v) is 2.79. The Balaban J connectivity index is 2.12. The zero-order valence-electron chi connectivity index (χ0n) is 9.22. The van der Waals surface area contributed by atoms with Crippen molar-refractivity contribution in [3.63, 3.8) is 0 Å². The lowest BCUT2D eigenvalue weighted by Crippen LogP contribution is -1.91. The van der Waals surface area contributed by atoms with E-state index in [0.29, 0.717) is 0 Å². The summed E-state index contributed by atoms with van der Waals surface area (Å²) in [7, 11) is 0. The van der Waals surface area contributed by atoms with Gasteiger partial charge in [0.15, 0.2) is 0 Å². The monoisotopic (exact) mass is 264 g/mol. The summed E-state index contributed by atoms with van der Waals surface area (Å²) in [6.45, 7) is 2.25. The number of aryl methyl sites for hydroxylation is 1. The lowest BCUT2D eigenvalue weighted by molar-refractivity contribution is 0.717. The highest BCUT2D eigenvalue weighted by molar-refractivity contribution is 9.10. The second-order valence-corrected chi connectivity index (χ2v) is 5.06. The van der Waals surface area contributed by atoms with E-state index >= 15 is 0 Å². The highest BCUT2D eigenvalue weighted by Gasteiger charge is 2.10. The molecular formula is C14H17Br. The first-order valence-corrected chi connectivity index (χ1v) is 6.58. The van der Waals surface area contributed by atoms with E-state index in [0.717, 1.165) is 6.42 Å². The standard InChI is InChI=1S/C14H17Br/c1-2-3-4-6-11-9-12-7-5-8-13(12)14(15)10-11/h5,7,9-10H,2-4,6,8H2,1H3. The van der Waals surface area contributed by atoms with Gasteiger partial charge in [-0.2, -0.15) is 0 Å². The molecule has 1 heteroatoms. The Morgan fingerprint density at radius 3 is 2.93 bits per heavy atom. The minimum atomic E-state index is 1.09. The molecule has 0 saturated heterocycles. The molecule has 0 unspecified atom stereocenters. The molecule has 0 atom stereocenters. The van der Waals surface area contributed by atoms with Crippen molar-refractivity contribution in [2.24, 2.45) is 0 Å². The van der Waals surface area contributed by atoms with Crippen LogP contribution in [0.25, 0.3) is 6.08 Å². The van der Waals surface area contributed by atoms with Gasteiger partial charge in [0.05, 0.1) is 0 Å².